The normalized spacial score (nSPS) is 16.4. The van der Waals surface area contributed by atoms with Crippen molar-refractivity contribution in [2.24, 2.45) is 9.98 Å². The third-order valence-electron chi connectivity index (χ3n) is 3.92. The standard InChI is InChI=1S/C16H17N5/c1-3-14-18-15-10-13(12-6-4-11(2)5-7-12)19-21(15)16-17-8-9-20(14)16/h4-7,10H,3,8-9H2,1-2H3. The summed E-state index contributed by atoms with van der Waals surface area (Å²) in [5.41, 5.74) is 3.31. The van der Waals surface area contributed by atoms with Gasteiger partial charge in [-0.15, -0.1) is 0 Å². The van der Waals surface area contributed by atoms with E-state index in [1.54, 1.807) is 0 Å². The fraction of sp³-hybridized carbons (Fsp3) is 0.312. The van der Waals surface area contributed by atoms with Gasteiger partial charge in [0.1, 0.15) is 5.84 Å². The molecule has 5 heteroatoms. The Hall–Kier alpha value is -2.43. The number of aliphatic imine (C=N–C) groups is 2. The first-order valence-electron chi connectivity index (χ1n) is 7.33. The van der Waals surface area contributed by atoms with Gasteiger partial charge in [-0.05, 0) is 6.92 Å². The Morgan fingerprint density at radius 3 is 2.76 bits per heavy atom. The molecule has 0 atom stereocenters. The van der Waals surface area contributed by atoms with Crippen molar-refractivity contribution >= 4 is 17.6 Å². The third kappa shape index (κ3) is 1.88. The Bertz CT molecular complexity index is 751. The molecule has 5 nitrogen and oxygen atoms in total. The van der Waals surface area contributed by atoms with Gasteiger partial charge in [0.15, 0.2) is 5.82 Å². The number of aromatic nitrogens is 2. The zero-order valence-electron chi connectivity index (χ0n) is 12.2. The summed E-state index contributed by atoms with van der Waals surface area (Å²) in [7, 11) is 0. The topological polar surface area (TPSA) is 45.8 Å². The van der Waals surface area contributed by atoms with Gasteiger partial charge in [-0.1, -0.05) is 36.8 Å². The number of benzene rings is 1. The van der Waals surface area contributed by atoms with Crippen molar-refractivity contribution in [3.05, 3.63) is 35.9 Å². The van der Waals surface area contributed by atoms with Crippen molar-refractivity contribution in [3.8, 4) is 11.3 Å². The van der Waals surface area contributed by atoms with Crippen LogP contribution in [0.5, 0.6) is 0 Å². The average molecular weight is 279 g/mol. The summed E-state index contributed by atoms with van der Waals surface area (Å²) in [6.07, 6.45) is 0.907. The van der Waals surface area contributed by atoms with Crippen LogP contribution in [0.1, 0.15) is 18.9 Å². The van der Waals surface area contributed by atoms with Gasteiger partial charge in [-0.25, -0.2) is 9.98 Å². The number of hydrogen-bond acceptors (Lipinski definition) is 4. The first kappa shape index (κ1) is 12.3. The molecule has 0 bridgehead atoms. The van der Waals surface area contributed by atoms with Crippen LogP contribution in [0, 0.1) is 6.92 Å². The van der Waals surface area contributed by atoms with Gasteiger partial charge >= 0.3 is 0 Å². The maximum atomic E-state index is 4.73. The first-order chi connectivity index (χ1) is 10.3. The third-order valence-corrected chi connectivity index (χ3v) is 3.92. The summed E-state index contributed by atoms with van der Waals surface area (Å²) in [6, 6.07) is 10.4. The molecule has 0 aliphatic carbocycles. The fourth-order valence-corrected chi connectivity index (χ4v) is 2.79. The molecule has 2 aromatic rings. The highest BCUT2D eigenvalue weighted by Crippen LogP contribution is 2.28. The summed E-state index contributed by atoms with van der Waals surface area (Å²) in [4.78, 5) is 11.5. The molecule has 2 aliphatic rings. The van der Waals surface area contributed by atoms with E-state index in [2.05, 4.69) is 48.0 Å². The SMILES string of the molecule is CCC1=Nc2cc(-c3ccc(C)cc3)nn2C2=NCCN12. The van der Waals surface area contributed by atoms with E-state index < -0.39 is 0 Å². The van der Waals surface area contributed by atoms with Gasteiger partial charge in [0.25, 0.3) is 0 Å². The minimum Gasteiger partial charge on any atom is -0.297 e. The number of amidine groups is 1. The van der Waals surface area contributed by atoms with E-state index in [1.807, 2.05) is 10.7 Å². The predicted molar refractivity (Wildman–Crippen MR) is 84.2 cm³/mol. The number of fused-ring (bicyclic) bond motifs is 3. The largest absolute Gasteiger partial charge is 0.297 e. The van der Waals surface area contributed by atoms with Crippen LogP contribution in [0.15, 0.2) is 40.3 Å². The van der Waals surface area contributed by atoms with Crippen LogP contribution in [0.25, 0.3) is 11.3 Å². The second-order valence-electron chi connectivity index (χ2n) is 5.38. The van der Waals surface area contributed by atoms with E-state index in [-0.39, 0.29) is 0 Å². The summed E-state index contributed by atoms with van der Waals surface area (Å²) in [5.74, 6) is 2.86. The molecule has 1 aromatic heterocycles. The zero-order valence-corrected chi connectivity index (χ0v) is 12.2. The highest BCUT2D eigenvalue weighted by atomic mass is 15.5. The zero-order chi connectivity index (χ0) is 14.4. The maximum absolute atomic E-state index is 4.73. The fourth-order valence-electron chi connectivity index (χ4n) is 2.79. The van der Waals surface area contributed by atoms with Crippen LogP contribution in [-0.2, 0) is 0 Å². The smallest absolute Gasteiger partial charge is 0.229 e. The Kier molecular flexibility index (Phi) is 2.67. The Morgan fingerprint density at radius 1 is 1.19 bits per heavy atom. The monoisotopic (exact) mass is 279 g/mol. The van der Waals surface area contributed by atoms with Crippen LogP contribution in [0.4, 0.5) is 5.82 Å². The van der Waals surface area contributed by atoms with Crippen molar-refractivity contribution in [1.82, 2.24) is 14.7 Å². The van der Waals surface area contributed by atoms with Crippen LogP contribution >= 0.6 is 0 Å². The van der Waals surface area contributed by atoms with Gasteiger partial charge in [-0.3, -0.25) is 4.90 Å². The van der Waals surface area contributed by atoms with Gasteiger partial charge < -0.3 is 0 Å². The molecule has 2 aliphatic heterocycles. The molecular formula is C16H17N5. The van der Waals surface area contributed by atoms with Crippen LogP contribution in [0.3, 0.4) is 0 Å². The quantitative estimate of drug-likeness (QED) is 0.848. The van der Waals surface area contributed by atoms with E-state index in [1.165, 1.54) is 5.56 Å². The molecule has 0 unspecified atom stereocenters. The van der Waals surface area contributed by atoms with Crippen LogP contribution < -0.4 is 0 Å². The van der Waals surface area contributed by atoms with Gasteiger partial charge in [0.2, 0.25) is 5.96 Å². The van der Waals surface area contributed by atoms with E-state index in [9.17, 15) is 0 Å². The number of nitrogens with zero attached hydrogens (tertiary/aromatic N) is 5. The summed E-state index contributed by atoms with van der Waals surface area (Å²) in [5, 5.41) is 4.70. The van der Waals surface area contributed by atoms with Crippen molar-refractivity contribution in [2.45, 2.75) is 20.3 Å². The molecule has 0 saturated heterocycles. The van der Waals surface area contributed by atoms with E-state index in [4.69, 9.17) is 10.1 Å². The number of hydrogen-bond donors (Lipinski definition) is 0. The Labute approximate surface area is 123 Å². The summed E-state index contributed by atoms with van der Waals surface area (Å²) < 4.78 is 1.86. The Balaban J connectivity index is 1.83. The molecule has 4 rings (SSSR count). The molecule has 0 N–H and O–H groups in total. The Morgan fingerprint density at radius 2 is 2.00 bits per heavy atom. The van der Waals surface area contributed by atoms with E-state index >= 15 is 0 Å². The molecular weight excluding hydrogens is 262 g/mol. The van der Waals surface area contributed by atoms with Crippen LogP contribution in [-0.4, -0.2) is 39.6 Å². The lowest BCUT2D eigenvalue weighted by Gasteiger charge is -2.25. The van der Waals surface area contributed by atoms with Crippen molar-refractivity contribution in [1.29, 1.82) is 0 Å². The summed E-state index contributed by atoms with van der Waals surface area (Å²) >= 11 is 0. The minimum absolute atomic E-state index is 0.813. The maximum Gasteiger partial charge on any atom is 0.229 e. The molecule has 0 radical (unpaired) electrons. The van der Waals surface area contributed by atoms with Crippen molar-refractivity contribution < 1.29 is 0 Å². The van der Waals surface area contributed by atoms with E-state index in [0.29, 0.717) is 0 Å². The van der Waals surface area contributed by atoms with Crippen molar-refractivity contribution in [2.75, 3.05) is 13.1 Å². The van der Waals surface area contributed by atoms with Gasteiger partial charge in [0.05, 0.1) is 12.2 Å². The van der Waals surface area contributed by atoms with Gasteiger partial charge in [-0.2, -0.15) is 9.78 Å². The molecule has 0 amide bonds. The minimum atomic E-state index is 0.813. The van der Waals surface area contributed by atoms with Gasteiger partial charge in [0, 0.05) is 24.6 Å². The first-order valence-corrected chi connectivity index (χ1v) is 7.33. The second kappa shape index (κ2) is 4.55. The molecule has 0 fully saturated rings. The lowest BCUT2D eigenvalue weighted by molar-refractivity contribution is 0.609. The molecule has 0 spiro atoms. The second-order valence-corrected chi connectivity index (χ2v) is 5.38. The molecule has 1 aromatic carbocycles. The molecule has 21 heavy (non-hydrogen) atoms. The lowest BCUT2D eigenvalue weighted by Crippen LogP contribution is -2.40. The highest BCUT2D eigenvalue weighted by molar-refractivity contribution is 6.05. The predicted octanol–water partition coefficient (Wildman–Crippen LogP) is 2.83. The number of aryl methyl sites for hydroxylation is 1. The van der Waals surface area contributed by atoms with Crippen molar-refractivity contribution in [3.63, 3.8) is 0 Å². The average Bonchev–Trinajstić information content (AvgIpc) is 3.13. The van der Waals surface area contributed by atoms with E-state index in [0.717, 1.165) is 48.4 Å². The van der Waals surface area contributed by atoms with Crippen LogP contribution in [0.2, 0.25) is 0 Å². The summed E-state index contributed by atoms with van der Waals surface area (Å²) in [6.45, 7) is 5.93. The molecule has 0 saturated carbocycles. The molecule has 3 heterocycles. The highest BCUT2D eigenvalue weighted by Gasteiger charge is 2.29. The molecule has 106 valence electrons. The lowest BCUT2D eigenvalue weighted by atomic mass is 10.1. The number of rotatable bonds is 2.